The first kappa shape index (κ1) is 17.2. The summed E-state index contributed by atoms with van der Waals surface area (Å²) in [5.74, 6) is 0.857. The quantitative estimate of drug-likeness (QED) is 0.840. The number of aliphatic hydroxyl groups excluding tert-OH is 1. The lowest BCUT2D eigenvalue weighted by molar-refractivity contribution is 0.0888. The van der Waals surface area contributed by atoms with Gasteiger partial charge in [-0.1, -0.05) is 19.3 Å². The second-order valence-electron chi connectivity index (χ2n) is 5.95. The van der Waals surface area contributed by atoms with Crippen molar-refractivity contribution in [3.8, 4) is 5.75 Å². The summed E-state index contributed by atoms with van der Waals surface area (Å²) >= 11 is 0. The average molecular weight is 327 g/mol. The molecule has 1 aliphatic rings. The van der Waals surface area contributed by atoms with Gasteiger partial charge < -0.3 is 9.84 Å². The number of nitrogens with one attached hydrogen (secondary N) is 1. The molecule has 0 radical (unpaired) electrons. The molecule has 0 spiro atoms. The maximum absolute atomic E-state index is 12.3. The molecule has 22 heavy (non-hydrogen) atoms. The van der Waals surface area contributed by atoms with Gasteiger partial charge in [-0.25, -0.2) is 13.1 Å². The fraction of sp³-hybridized carbons (Fsp3) is 0.625. The number of aryl methyl sites for hydroxylation is 1. The van der Waals surface area contributed by atoms with E-state index in [2.05, 4.69) is 4.72 Å². The van der Waals surface area contributed by atoms with Crippen LogP contribution in [0, 0.1) is 12.8 Å². The van der Waals surface area contributed by atoms with Crippen LogP contribution in [0.15, 0.2) is 23.1 Å². The Morgan fingerprint density at radius 1 is 1.32 bits per heavy atom. The van der Waals surface area contributed by atoms with E-state index in [9.17, 15) is 13.5 Å². The largest absolute Gasteiger partial charge is 0.496 e. The number of hydrogen-bond donors (Lipinski definition) is 2. The molecule has 124 valence electrons. The van der Waals surface area contributed by atoms with Crippen molar-refractivity contribution in [2.45, 2.75) is 50.0 Å². The monoisotopic (exact) mass is 327 g/mol. The van der Waals surface area contributed by atoms with Gasteiger partial charge in [0.2, 0.25) is 10.0 Å². The molecule has 0 aliphatic heterocycles. The van der Waals surface area contributed by atoms with Crippen molar-refractivity contribution in [2.75, 3.05) is 13.7 Å². The van der Waals surface area contributed by atoms with Crippen molar-refractivity contribution in [1.82, 2.24) is 4.72 Å². The Hall–Kier alpha value is -1.11. The van der Waals surface area contributed by atoms with E-state index in [0.29, 0.717) is 5.75 Å². The molecule has 5 nitrogen and oxygen atoms in total. The Labute approximate surface area is 132 Å². The van der Waals surface area contributed by atoms with Crippen LogP contribution in [0.5, 0.6) is 5.75 Å². The van der Waals surface area contributed by atoms with E-state index in [1.54, 1.807) is 26.2 Å². The molecule has 0 amide bonds. The lowest BCUT2D eigenvalue weighted by Crippen LogP contribution is -2.37. The van der Waals surface area contributed by atoms with E-state index in [4.69, 9.17) is 4.74 Å². The first-order valence-electron chi connectivity index (χ1n) is 7.76. The third kappa shape index (κ3) is 4.21. The lowest BCUT2D eigenvalue weighted by atomic mass is 9.85. The second kappa shape index (κ2) is 7.44. The van der Waals surface area contributed by atoms with Gasteiger partial charge in [0.15, 0.2) is 0 Å². The molecule has 6 heteroatoms. The van der Waals surface area contributed by atoms with E-state index in [-0.39, 0.29) is 17.4 Å². The maximum Gasteiger partial charge on any atom is 0.240 e. The lowest BCUT2D eigenvalue weighted by Gasteiger charge is -2.26. The van der Waals surface area contributed by atoms with Crippen LogP contribution in [0.3, 0.4) is 0 Å². The van der Waals surface area contributed by atoms with Gasteiger partial charge >= 0.3 is 0 Å². The van der Waals surface area contributed by atoms with Crippen molar-refractivity contribution < 1.29 is 18.3 Å². The summed E-state index contributed by atoms with van der Waals surface area (Å²) in [6, 6.07) is 4.73. The van der Waals surface area contributed by atoms with Crippen LogP contribution < -0.4 is 9.46 Å². The molecule has 0 bridgehead atoms. The fourth-order valence-corrected chi connectivity index (χ4v) is 4.12. The Morgan fingerprint density at radius 3 is 2.59 bits per heavy atom. The third-order valence-electron chi connectivity index (χ3n) is 4.35. The standard InChI is InChI=1S/C16H25NO4S/c1-12-10-14(8-9-16(12)21-2)22(19,20)17-11-15(18)13-6-4-3-5-7-13/h8-10,13,15,17-18H,3-7,11H2,1-2H3. The summed E-state index contributed by atoms with van der Waals surface area (Å²) in [7, 11) is -2.06. The van der Waals surface area contributed by atoms with Crippen molar-refractivity contribution >= 4 is 10.0 Å². The number of benzene rings is 1. The van der Waals surface area contributed by atoms with Gasteiger partial charge in [-0.05, 0) is 49.4 Å². The average Bonchev–Trinajstić information content (AvgIpc) is 2.53. The van der Waals surface area contributed by atoms with Crippen LogP contribution in [0.4, 0.5) is 0 Å². The molecular formula is C16H25NO4S. The van der Waals surface area contributed by atoms with E-state index >= 15 is 0 Å². The summed E-state index contributed by atoms with van der Waals surface area (Å²) in [5.41, 5.74) is 0.762. The van der Waals surface area contributed by atoms with Crippen LogP contribution in [0.1, 0.15) is 37.7 Å². The summed E-state index contributed by atoms with van der Waals surface area (Å²) in [5, 5.41) is 10.2. The van der Waals surface area contributed by atoms with Gasteiger partial charge in [0.05, 0.1) is 18.1 Å². The molecule has 0 heterocycles. The molecule has 2 N–H and O–H groups in total. The smallest absolute Gasteiger partial charge is 0.240 e. The molecule has 1 aliphatic carbocycles. The van der Waals surface area contributed by atoms with E-state index < -0.39 is 16.1 Å². The molecule has 1 fully saturated rings. The zero-order valence-corrected chi connectivity index (χ0v) is 14.0. The molecule has 1 unspecified atom stereocenters. The first-order valence-corrected chi connectivity index (χ1v) is 9.24. The number of methoxy groups -OCH3 is 1. The summed E-state index contributed by atoms with van der Waals surface area (Å²) in [6.45, 7) is 1.87. The predicted molar refractivity (Wildman–Crippen MR) is 85.5 cm³/mol. The van der Waals surface area contributed by atoms with Crippen LogP contribution >= 0.6 is 0 Å². The van der Waals surface area contributed by atoms with Gasteiger partial charge in [0, 0.05) is 6.54 Å². The van der Waals surface area contributed by atoms with E-state index in [1.165, 1.54) is 12.5 Å². The van der Waals surface area contributed by atoms with Gasteiger partial charge in [-0.15, -0.1) is 0 Å². The predicted octanol–water partition coefficient (Wildman–Crippen LogP) is 2.22. The zero-order chi connectivity index (χ0) is 16.2. The number of rotatable bonds is 6. The van der Waals surface area contributed by atoms with E-state index in [1.807, 2.05) is 0 Å². The van der Waals surface area contributed by atoms with Crippen LogP contribution in [0.25, 0.3) is 0 Å². The molecule has 1 saturated carbocycles. The summed E-state index contributed by atoms with van der Waals surface area (Å²) in [6.07, 6.45) is 4.78. The minimum absolute atomic E-state index is 0.0675. The van der Waals surface area contributed by atoms with Gasteiger partial charge in [-0.2, -0.15) is 0 Å². The van der Waals surface area contributed by atoms with Crippen molar-refractivity contribution in [3.63, 3.8) is 0 Å². The van der Waals surface area contributed by atoms with Gasteiger partial charge in [-0.3, -0.25) is 0 Å². The zero-order valence-electron chi connectivity index (χ0n) is 13.2. The van der Waals surface area contributed by atoms with Crippen LogP contribution in [0.2, 0.25) is 0 Å². The SMILES string of the molecule is COc1ccc(S(=O)(=O)NCC(O)C2CCCCC2)cc1C. The number of hydrogen-bond acceptors (Lipinski definition) is 4. The first-order chi connectivity index (χ1) is 10.4. The minimum Gasteiger partial charge on any atom is -0.496 e. The highest BCUT2D eigenvalue weighted by Gasteiger charge is 2.24. The number of sulfonamides is 1. The summed E-state index contributed by atoms with van der Waals surface area (Å²) in [4.78, 5) is 0.196. The van der Waals surface area contributed by atoms with E-state index in [0.717, 1.165) is 31.2 Å². The Morgan fingerprint density at radius 2 is 2.00 bits per heavy atom. The summed E-state index contributed by atoms with van der Waals surface area (Å²) < 4.78 is 32.3. The normalized spacial score (nSPS) is 18.1. The Balaban J connectivity index is 1.99. The molecule has 2 rings (SSSR count). The number of ether oxygens (including phenoxy) is 1. The highest BCUT2D eigenvalue weighted by molar-refractivity contribution is 7.89. The maximum atomic E-state index is 12.3. The van der Waals surface area contributed by atoms with Crippen molar-refractivity contribution in [2.24, 2.45) is 5.92 Å². The van der Waals surface area contributed by atoms with Crippen molar-refractivity contribution in [1.29, 1.82) is 0 Å². The highest BCUT2D eigenvalue weighted by Crippen LogP contribution is 2.26. The molecule has 1 aromatic carbocycles. The molecule has 0 aromatic heterocycles. The van der Waals surface area contributed by atoms with Crippen molar-refractivity contribution in [3.05, 3.63) is 23.8 Å². The van der Waals surface area contributed by atoms with Gasteiger partial charge in [0.25, 0.3) is 0 Å². The molecule has 0 saturated heterocycles. The third-order valence-corrected chi connectivity index (χ3v) is 5.77. The fourth-order valence-electron chi connectivity index (χ4n) is 2.98. The molecular weight excluding hydrogens is 302 g/mol. The van der Waals surface area contributed by atoms with Gasteiger partial charge in [0.1, 0.15) is 5.75 Å². The molecule has 1 aromatic rings. The second-order valence-corrected chi connectivity index (χ2v) is 7.72. The topological polar surface area (TPSA) is 75.6 Å². The molecule has 1 atom stereocenters. The Kier molecular flexibility index (Phi) is 5.83. The van der Waals surface area contributed by atoms with Crippen LogP contribution in [-0.4, -0.2) is 33.3 Å². The Bertz CT molecular complexity index is 594. The minimum atomic E-state index is -3.61. The van der Waals surface area contributed by atoms with Crippen LogP contribution in [-0.2, 0) is 10.0 Å². The number of aliphatic hydroxyl groups is 1. The highest BCUT2D eigenvalue weighted by atomic mass is 32.2.